The van der Waals surface area contributed by atoms with Gasteiger partial charge in [0, 0.05) is 23.8 Å². The Morgan fingerprint density at radius 3 is 2.87 bits per heavy atom. The molecule has 0 saturated heterocycles. The highest BCUT2D eigenvalue weighted by atomic mass is 35.5. The fraction of sp³-hybridized carbons (Fsp3) is 0.176. The van der Waals surface area contributed by atoms with Crippen LogP contribution in [0.5, 0.6) is 0 Å². The molecule has 23 heavy (non-hydrogen) atoms. The number of carbonyl (C=O) groups is 1. The molecule has 1 aliphatic heterocycles. The SMILES string of the molecule is O=C(Nc1cccc(Cl)c1)N1CCn2c(nc3ccccc32)C1. The number of urea groups is 1. The van der Waals surface area contributed by atoms with Crippen LogP contribution in [0.25, 0.3) is 11.0 Å². The largest absolute Gasteiger partial charge is 0.325 e. The molecule has 0 saturated carbocycles. The average molecular weight is 327 g/mol. The van der Waals surface area contributed by atoms with Gasteiger partial charge >= 0.3 is 6.03 Å². The first kappa shape index (κ1) is 14.1. The molecule has 0 atom stereocenters. The molecule has 6 heteroatoms. The van der Waals surface area contributed by atoms with E-state index in [4.69, 9.17) is 11.6 Å². The first-order chi connectivity index (χ1) is 11.2. The molecule has 116 valence electrons. The predicted octanol–water partition coefficient (Wildman–Crippen LogP) is 3.74. The maximum atomic E-state index is 12.4. The molecule has 5 nitrogen and oxygen atoms in total. The third-order valence-electron chi connectivity index (χ3n) is 4.02. The minimum absolute atomic E-state index is 0.134. The molecular weight excluding hydrogens is 312 g/mol. The van der Waals surface area contributed by atoms with E-state index in [0.717, 1.165) is 23.4 Å². The molecule has 0 bridgehead atoms. The van der Waals surface area contributed by atoms with E-state index < -0.39 is 0 Å². The van der Waals surface area contributed by atoms with Crippen LogP contribution in [-0.2, 0) is 13.1 Å². The van der Waals surface area contributed by atoms with Crippen molar-refractivity contribution in [2.75, 3.05) is 11.9 Å². The molecule has 4 rings (SSSR count). The number of aromatic nitrogens is 2. The number of amides is 2. The van der Waals surface area contributed by atoms with Crippen molar-refractivity contribution in [1.82, 2.24) is 14.5 Å². The number of anilines is 1. The minimum atomic E-state index is -0.134. The first-order valence-corrected chi connectivity index (χ1v) is 7.84. The second kappa shape index (κ2) is 5.59. The van der Waals surface area contributed by atoms with Crippen molar-refractivity contribution < 1.29 is 4.79 Å². The highest BCUT2D eigenvalue weighted by Gasteiger charge is 2.23. The van der Waals surface area contributed by atoms with E-state index in [-0.39, 0.29) is 6.03 Å². The molecule has 0 radical (unpaired) electrons. The Labute approximate surface area is 138 Å². The van der Waals surface area contributed by atoms with Gasteiger partial charge in [0.15, 0.2) is 0 Å². The lowest BCUT2D eigenvalue weighted by molar-refractivity contribution is 0.196. The molecular formula is C17H15ClN4O. The van der Waals surface area contributed by atoms with Gasteiger partial charge in [-0.05, 0) is 30.3 Å². The Morgan fingerprint density at radius 1 is 1.13 bits per heavy atom. The van der Waals surface area contributed by atoms with Crippen LogP contribution in [0.1, 0.15) is 5.82 Å². The van der Waals surface area contributed by atoms with Gasteiger partial charge in [0.2, 0.25) is 0 Å². The number of hydrogen-bond acceptors (Lipinski definition) is 2. The number of nitrogens with one attached hydrogen (secondary N) is 1. The summed E-state index contributed by atoms with van der Waals surface area (Å²) in [5.41, 5.74) is 2.79. The van der Waals surface area contributed by atoms with Gasteiger partial charge in [-0.15, -0.1) is 0 Å². The van der Waals surface area contributed by atoms with Gasteiger partial charge in [-0.2, -0.15) is 0 Å². The molecule has 1 aliphatic rings. The molecule has 1 aromatic heterocycles. The average Bonchev–Trinajstić information content (AvgIpc) is 2.92. The number of para-hydroxylation sites is 2. The van der Waals surface area contributed by atoms with Gasteiger partial charge in [0.1, 0.15) is 5.82 Å². The van der Waals surface area contributed by atoms with Crippen molar-refractivity contribution in [3.05, 3.63) is 59.4 Å². The minimum Gasteiger partial charge on any atom is -0.325 e. The summed E-state index contributed by atoms with van der Waals surface area (Å²) >= 11 is 5.95. The number of imidazole rings is 1. The second-order valence-corrected chi connectivity index (χ2v) is 5.97. The van der Waals surface area contributed by atoms with Gasteiger partial charge in [0.05, 0.1) is 17.6 Å². The van der Waals surface area contributed by atoms with E-state index in [2.05, 4.69) is 20.9 Å². The van der Waals surface area contributed by atoms with Crippen molar-refractivity contribution in [3.8, 4) is 0 Å². The van der Waals surface area contributed by atoms with Gasteiger partial charge in [-0.25, -0.2) is 9.78 Å². The van der Waals surface area contributed by atoms with Gasteiger partial charge in [-0.1, -0.05) is 29.8 Å². The molecule has 0 unspecified atom stereocenters. The summed E-state index contributed by atoms with van der Waals surface area (Å²) in [4.78, 5) is 18.8. The Kier molecular flexibility index (Phi) is 3.42. The van der Waals surface area contributed by atoms with Crippen LogP contribution in [0.3, 0.4) is 0 Å². The van der Waals surface area contributed by atoms with Crippen LogP contribution in [-0.4, -0.2) is 27.0 Å². The Balaban J connectivity index is 1.54. The smallest absolute Gasteiger partial charge is 0.322 e. The van der Waals surface area contributed by atoms with E-state index in [1.165, 1.54) is 0 Å². The van der Waals surface area contributed by atoms with E-state index in [1.807, 2.05) is 30.3 Å². The fourth-order valence-corrected chi connectivity index (χ4v) is 3.10. The summed E-state index contributed by atoms with van der Waals surface area (Å²) < 4.78 is 2.18. The van der Waals surface area contributed by atoms with Crippen molar-refractivity contribution in [3.63, 3.8) is 0 Å². The molecule has 2 heterocycles. The monoisotopic (exact) mass is 326 g/mol. The van der Waals surface area contributed by atoms with Gasteiger partial charge < -0.3 is 14.8 Å². The fourth-order valence-electron chi connectivity index (χ4n) is 2.91. The standard InChI is InChI=1S/C17H15ClN4O/c18-12-4-3-5-13(10-12)19-17(23)21-8-9-22-15-7-2-1-6-14(15)20-16(22)11-21/h1-7,10H,8-9,11H2,(H,19,23). The van der Waals surface area contributed by atoms with E-state index in [1.54, 1.807) is 17.0 Å². The lowest BCUT2D eigenvalue weighted by Crippen LogP contribution is -2.40. The quantitative estimate of drug-likeness (QED) is 0.740. The van der Waals surface area contributed by atoms with E-state index >= 15 is 0 Å². The molecule has 1 N–H and O–H groups in total. The molecule has 3 aromatic rings. The third-order valence-corrected chi connectivity index (χ3v) is 4.26. The number of nitrogens with zero attached hydrogens (tertiary/aromatic N) is 3. The summed E-state index contributed by atoms with van der Waals surface area (Å²) in [5.74, 6) is 0.915. The van der Waals surface area contributed by atoms with Crippen molar-refractivity contribution >= 4 is 34.4 Å². The lowest BCUT2D eigenvalue weighted by Gasteiger charge is -2.28. The Morgan fingerprint density at radius 2 is 2.00 bits per heavy atom. The normalized spacial score (nSPS) is 13.9. The number of fused-ring (bicyclic) bond motifs is 3. The zero-order valence-electron chi connectivity index (χ0n) is 12.4. The topological polar surface area (TPSA) is 50.2 Å². The van der Waals surface area contributed by atoms with Gasteiger partial charge in [-0.3, -0.25) is 0 Å². The van der Waals surface area contributed by atoms with E-state index in [9.17, 15) is 4.79 Å². The Bertz CT molecular complexity index is 889. The molecule has 0 fully saturated rings. The van der Waals surface area contributed by atoms with Crippen LogP contribution in [0, 0.1) is 0 Å². The van der Waals surface area contributed by atoms with Crippen LogP contribution in [0.4, 0.5) is 10.5 Å². The molecule has 0 aliphatic carbocycles. The number of rotatable bonds is 1. The van der Waals surface area contributed by atoms with Crippen LogP contribution < -0.4 is 5.32 Å². The Hall–Kier alpha value is -2.53. The number of benzene rings is 2. The summed E-state index contributed by atoms with van der Waals surface area (Å²) in [6, 6.07) is 15.1. The third kappa shape index (κ3) is 2.64. The summed E-state index contributed by atoms with van der Waals surface area (Å²) in [6.07, 6.45) is 0. The maximum Gasteiger partial charge on any atom is 0.322 e. The first-order valence-electron chi connectivity index (χ1n) is 7.46. The molecule has 2 amide bonds. The zero-order valence-corrected chi connectivity index (χ0v) is 13.1. The van der Waals surface area contributed by atoms with Crippen molar-refractivity contribution in [1.29, 1.82) is 0 Å². The molecule has 0 spiro atoms. The highest BCUT2D eigenvalue weighted by Crippen LogP contribution is 2.21. The van der Waals surface area contributed by atoms with Gasteiger partial charge in [0.25, 0.3) is 0 Å². The van der Waals surface area contributed by atoms with E-state index in [0.29, 0.717) is 23.8 Å². The number of carbonyl (C=O) groups excluding carboxylic acids is 1. The van der Waals surface area contributed by atoms with Crippen LogP contribution in [0.2, 0.25) is 5.02 Å². The van der Waals surface area contributed by atoms with Crippen molar-refractivity contribution in [2.45, 2.75) is 13.1 Å². The maximum absolute atomic E-state index is 12.4. The number of halogens is 1. The molecule has 2 aromatic carbocycles. The predicted molar refractivity (Wildman–Crippen MR) is 90.6 cm³/mol. The van der Waals surface area contributed by atoms with Crippen LogP contribution in [0.15, 0.2) is 48.5 Å². The van der Waals surface area contributed by atoms with Crippen LogP contribution >= 0.6 is 11.6 Å². The summed E-state index contributed by atoms with van der Waals surface area (Å²) in [5, 5.41) is 3.48. The summed E-state index contributed by atoms with van der Waals surface area (Å²) in [7, 11) is 0. The second-order valence-electron chi connectivity index (χ2n) is 5.53. The highest BCUT2D eigenvalue weighted by molar-refractivity contribution is 6.30. The van der Waals surface area contributed by atoms with Crippen molar-refractivity contribution in [2.24, 2.45) is 0 Å². The lowest BCUT2D eigenvalue weighted by atomic mass is 10.3. The number of hydrogen-bond donors (Lipinski definition) is 1. The summed E-state index contributed by atoms with van der Waals surface area (Å²) in [6.45, 7) is 1.90. The zero-order chi connectivity index (χ0) is 15.8.